The van der Waals surface area contributed by atoms with E-state index in [1.165, 1.54) is 51.5 Å². The number of hydrogen-bond donors (Lipinski definition) is 1. The van der Waals surface area contributed by atoms with E-state index in [0.29, 0.717) is 5.41 Å². The molecule has 1 N–H and O–H groups in total. The quantitative estimate of drug-likeness (QED) is 0.609. The first-order valence-electron chi connectivity index (χ1n) is 6.97. The van der Waals surface area contributed by atoms with Crippen LogP contribution in [-0.4, -0.2) is 26.3 Å². The molecule has 1 unspecified atom stereocenters. The van der Waals surface area contributed by atoms with Gasteiger partial charge in [0.2, 0.25) is 0 Å². The van der Waals surface area contributed by atoms with Crippen LogP contribution in [0.4, 0.5) is 0 Å². The molecule has 0 bridgehead atoms. The molecule has 2 rings (SSSR count). The van der Waals surface area contributed by atoms with Gasteiger partial charge in [-0.05, 0) is 49.9 Å². The Labute approximate surface area is 100 Å². The fourth-order valence-electron chi connectivity index (χ4n) is 2.66. The van der Waals surface area contributed by atoms with Gasteiger partial charge in [-0.25, -0.2) is 0 Å². The fraction of sp³-hybridized carbons (Fsp3) is 1.00. The van der Waals surface area contributed by atoms with Crippen molar-refractivity contribution in [3.8, 4) is 0 Å². The first-order chi connectivity index (χ1) is 7.74. The predicted molar refractivity (Wildman–Crippen MR) is 67.6 cm³/mol. The molecular weight excluding hydrogens is 198 g/mol. The van der Waals surface area contributed by atoms with E-state index in [9.17, 15) is 0 Å². The molecule has 0 heterocycles. The van der Waals surface area contributed by atoms with Gasteiger partial charge in [-0.15, -0.1) is 0 Å². The third kappa shape index (κ3) is 3.74. The maximum absolute atomic E-state index is 5.13. The van der Waals surface area contributed by atoms with Crippen LogP contribution in [0.25, 0.3) is 0 Å². The van der Waals surface area contributed by atoms with Crippen molar-refractivity contribution in [1.82, 2.24) is 5.32 Å². The molecule has 2 aliphatic carbocycles. The topological polar surface area (TPSA) is 21.3 Å². The SMILES string of the molecule is COCCCCC(C)(CNC1CC1)C1CC1. The minimum Gasteiger partial charge on any atom is -0.385 e. The van der Waals surface area contributed by atoms with Gasteiger partial charge in [0.1, 0.15) is 0 Å². The zero-order chi connectivity index (χ0) is 11.4. The van der Waals surface area contributed by atoms with E-state index in [1.54, 1.807) is 7.11 Å². The predicted octanol–water partition coefficient (Wildman–Crippen LogP) is 2.97. The third-order valence-electron chi connectivity index (χ3n) is 4.28. The zero-order valence-corrected chi connectivity index (χ0v) is 10.9. The van der Waals surface area contributed by atoms with E-state index in [1.807, 2.05) is 0 Å². The Morgan fingerprint density at radius 3 is 2.50 bits per heavy atom. The molecule has 1 atom stereocenters. The Bertz CT molecular complexity index is 211. The molecule has 0 aromatic carbocycles. The fourth-order valence-corrected chi connectivity index (χ4v) is 2.66. The van der Waals surface area contributed by atoms with E-state index in [0.717, 1.165) is 18.6 Å². The van der Waals surface area contributed by atoms with Crippen LogP contribution < -0.4 is 5.32 Å². The highest BCUT2D eigenvalue weighted by atomic mass is 16.5. The number of unbranched alkanes of at least 4 members (excludes halogenated alkanes) is 1. The molecule has 2 heteroatoms. The Morgan fingerprint density at radius 1 is 1.19 bits per heavy atom. The molecule has 0 saturated heterocycles. The molecule has 0 aromatic rings. The van der Waals surface area contributed by atoms with Crippen LogP contribution in [-0.2, 0) is 4.74 Å². The average Bonchev–Trinajstić information content (AvgIpc) is 3.15. The molecule has 0 radical (unpaired) electrons. The van der Waals surface area contributed by atoms with Gasteiger partial charge < -0.3 is 10.1 Å². The molecule has 2 fully saturated rings. The number of methoxy groups -OCH3 is 1. The molecule has 16 heavy (non-hydrogen) atoms. The van der Waals surface area contributed by atoms with Gasteiger partial charge in [0.15, 0.2) is 0 Å². The van der Waals surface area contributed by atoms with E-state index in [-0.39, 0.29) is 0 Å². The standard InChI is InChI=1S/C14H27NO/c1-14(12-5-6-12,9-3-4-10-16-2)11-15-13-7-8-13/h12-13,15H,3-11H2,1-2H3. The lowest BCUT2D eigenvalue weighted by Gasteiger charge is -2.30. The lowest BCUT2D eigenvalue weighted by molar-refractivity contribution is 0.176. The van der Waals surface area contributed by atoms with E-state index < -0.39 is 0 Å². The van der Waals surface area contributed by atoms with Gasteiger partial charge in [0.25, 0.3) is 0 Å². The second-order valence-electron chi connectivity index (χ2n) is 6.03. The molecule has 2 saturated carbocycles. The highest BCUT2D eigenvalue weighted by molar-refractivity contribution is 4.94. The normalized spacial score (nSPS) is 24.4. The van der Waals surface area contributed by atoms with Crippen molar-refractivity contribution in [3.63, 3.8) is 0 Å². The van der Waals surface area contributed by atoms with Crippen LogP contribution in [0, 0.1) is 11.3 Å². The van der Waals surface area contributed by atoms with Crippen LogP contribution in [0.3, 0.4) is 0 Å². The molecule has 0 aromatic heterocycles. The van der Waals surface area contributed by atoms with Gasteiger partial charge >= 0.3 is 0 Å². The van der Waals surface area contributed by atoms with Gasteiger partial charge in [-0.2, -0.15) is 0 Å². The molecule has 0 spiro atoms. The van der Waals surface area contributed by atoms with Crippen LogP contribution in [0.1, 0.15) is 51.9 Å². The van der Waals surface area contributed by atoms with E-state index >= 15 is 0 Å². The van der Waals surface area contributed by atoms with Gasteiger partial charge in [0.05, 0.1) is 0 Å². The van der Waals surface area contributed by atoms with Gasteiger partial charge in [0, 0.05) is 26.3 Å². The van der Waals surface area contributed by atoms with Crippen molar-refractivity contribution < 1.29 is 4.74 Å². The van der Waals surface area contributed by atoms with Crippen molar-refractivity contribution >= 4 is 0 Å². The lowest BCUT2D eigenvalue weighted by Crippen LogP contribution is -2.35. The van der Waals surface area contributed by atoms with E-state index in [4.69, 9.17) is 4.74 Å². The monoisotopic (exact) mass is 225 g/mol. The Hall–Kier alpha value is -0.0800. The molecule has 2 aliphatic rings. The van der Waals surface area contributed by atoms with Crippen LogP contribution in [0.2, 0.25) is 0 Å². The zero-order valence-electron chi connectivity index (χ0n) is 10.9. The van der Waals surface area contributed by atoms with Crippen molar-refractivity contribution in [3.05, 3.63) is 0 Å². The van der Waals surface area contributed by atoms with Crippen LogP contribution in [0.5, 0.6) is 0 Å². The summed E-state index contributed by atoms with van der Waals surface area (Å²) in [4.78, 5) is 0. The van der Waals surface area contributed by atoms with Gasteiger partial charge in [-0.3, -0.25) is 0 Å². The molecule has 0 aliphatic heterocycles. The van der Waals surface area contributed by atoms with Crippen molar-refractivity contribution in [1.29, 1.82) is 0 Å². The first-order valence-corrected chi connectivity index (χ1v) is 6.97. The summed E-state index contributed by atoms with van der Waals surface area (Å²) in [6.07, 6.45) is 9.67. The maximum Gasteiger partial charge on any atom is 0.0462 e. The summed E-state index contributed by atoms with van der Waals surface area (Å²) in [7, 11) is 1.80. The highest BCUT2D eigenvalue weighted by Gasteiger charge is 2.41. The van der Waals surface area contributed by atoms with Crippen molar-refractivity contribution in [2.24, 2.45) is 11.3 Å². The molecule has 2 nitrogen and oxygen atoms in total. The van der Waals surface area contributed by atoms with Crippen LogP contribution in [0.15, 0.2) is 0 Å². The Balaban J connectivity index is 1.68. The molecular formula is C14H27NO. The lowest BCUT2D eigenvalue weighted by atomic mass is 9.80. The smallest absolute Gasteiger partial charge is 0.0462 e. The van der Waals surface area contributed by atoms with Crippen LogP contribution >= 0.6 is 0 Å². The second kappa shape index (κ2) is 5.50. The Kier molecular flexibility index (Phi) is 4.26. The minimum absolute atomic E-state index is 0.566. The molecule has 94 valence electrons. The summed E-state index contributed by atoms with van der Waals surface area (Å²) in [5.41, 5.74) is 0.566. The highest BCUT2D eigenvalue weighted by Crippen LogP contribution is 2.48. The van der Waals surface area contributed by atoms with Crippen molar-refractivity contribution in [2.45, 2.75) is 57.9 Å². The summed E-state index contributed by atoms with van der Waals surface area (Å²) < 4.78 is 5.13. The third-order valence-corrected chi connectivity index (χ3v) is 4.28. The number of nitrogens with one attached hydrogen (secondary N) is 1. The summed E-state index contributed by atoms with van der Waals surface area (Å²) in [6, 6.07) is 0.858. The second-order valence-corrected chi connectivity index (χ2v) is 6.03. The minimum atomic E-state index is 0.566. The largest absolute Gasteiger partial charge is 0.385 e. The summed E-state index contributed by atoms with van der Waals surface area (Å²) in [5, 5.41) is 3.73. The Morgan fingerprint density at radius 2 is 1.94 bits per heavy atom. The van der Waals surface area contributed by atoms with Crippen molar-refractivity contribution in [2.75, 3.05) is 20.3 Å². The van der Waals surface area contributed by atoms with Gasteiger partial charge in [-0.1, -0.05) is 13.3 Å². The maximum atomic E-state index is 5.13. The summed E-state index contributed by atoms with van der Waals surface area (Å²) in [6.45, 7) is 4.67. The first kappa shape index (κ1) is 12.4. The number of rotatable bonds is 9. The number of ether oxygens (including phenoxy) is 1. The summed E-state index contributed by atoms with van der Waals surface area (Å²) >= 11 is 0. The molecule has 0 amide bonds. The van der Waals surface area contributed by atoms with E-state index in [2.05, 4.69) is 12.2 Å². The summed E-state index contributed by atoms with van der Waals surface area (Å²) in [5.74, 6) is 1.00. The number of hydrogen-bond acceptors (Lipinski definition) is 2. The average molecular weight is 225 g/mol.